The van der Waals surface area contributed by atoms with Crippen LogP contribution in [0.2, 0.25) is 0 Å². The van der Waals surface area contributed by atoms with Crippen molar-refractivity contribution in [1.29, 1.82) is 0 Å². The summed E-state index contributed by atoms with van der Waals surface area (Å²) in [7, 11) is 0. The molecule has 1 aromatic carbocycles. The highest BCUT2D eigenvalue weighted by Gasteiger charge is 2.74. The first-order chi connectivity index (χ1) is 18.9. The molecule has 8 nitrogen and oxygen atoms in total. The van der Waals surface area contributed by atoms with Crippen molar-refractivity contribution < 1.29 is 24.2 Å². The van der Waals surface area contributed by atoms with Crippen LogP contribution < -0.4 is 4.90 Å². The van der Waals surface area contributed by atoms with Crippen LogP contribution in [0.4, 0.5) is 5.69 Å². The van der Waals surface area contributed by atoms with Crippen LogP contribution in [0.15, 0.2) is 54.6 Å². The second kappa shape index (κ2) is 11.3. The lowest BCUT2D eigenvalue weighted by atomic mass is 9.74. The van der Waals surface area contributed by atoms with Crippen LogP contribution in [0, 0.1) is 11.8 Å². The zero-order chi connectivity index (χ0) is 27.6. The zero-order valence-electron chi connectivity index (χ0n) is 23.1. The number of carbonyl (C=O) groups excluding carboxylic acids is 3. The van der Waals surface area contributed by atoms with Crippen molar-refractivity contribution in [3.05, 3.63) is 54.6 Å². The van der Waals surface area contributed by atoms with Crippen LogP contribution in [0.3, 0.4) is 0 Å². The maximum absolute atomic E-state index is 14.3. The molecule has 5 rings (SSSR count). The number of para-hydroxylation sites is 1. The summed E-state index contributed by atoms with van der Waals surface area (Å²) in [4.78, 5) is 48.1. The number of likely N-dealkylation sites (tertiary alicyclic amines) is 1. The van der Waals surface area contributed by atoms with Crippen LogP contribution in [0.25, 0.3) is 0 Å². The van der Waals surface area contributed by atoms with Crippen LogP contribution in [0.1, 0.15) is 52.4 Å². The molecule has 0 aliphatic carbocycles. The summed E-state index contributed by atoms with van der Waals surface area (Å²) in [5, 5.41) is 9.26. The highest BCUT2D eigenvalue weighted by molar-refractivity contribution is 6.04. The quantitative estimate of drug-likeness (QED) is 0.367. The van der Waals surface area contributed by atoms with Gasteiger partial charge in [0.2, 0.25) is 17.7 Å². The third-order valence-corrected chi connectivity index (χ3v) is 8.80. The number of unbranched alkanes of at least 4 members (excludes halogenated alkanes) is 4. The number of anilines is 1. The molecule has 5 atom stereocenters. The highest BCUT2D eigenvalue weighted by Crippen LogP contribution is 2.57. The van der Waals surface area contributed by atoms with E-state index in [1.54, 1.807) is 9.80 Å². The maximum Gasteiger partial charge on any atom is 0.249 e. The number of hydrogen-bond acceptors (Lipinski definition) is 5. The predicted octanol–water partition coefficient (Wildman–Crippen LogP) is 3.31. The first-order valence-corrected chi connectivity index (χ1v) is 14.5. The van der Waals surface area contributed by atoms with Gasteiger partial charge in [0, 0.05) is 38.5 Å². The van der Waals surface area contributed by atoms with E-state index in [0.29, 0.717) is 39.0 Å². The van der Waals surface area contributed by atoms with E-state index in [1.807, 2.05) is 66.5 Å². The fourth-order valence-corrected chi connectivity index (χ4v) is 6.97. The maximum atomic E-state index is 14.3. The van der Waals surface area contributed by atoms with Gasteiger partial charge in [0.05, 0.1) is 17.4 Å². The number of carbonyl (C=O) groups is 3. The Hall–Kier alpha value is -2.97. The first-order valence-electron chi connectivity index (χ1n) is 14.5. The van der Waals surface area contributed by atoms with E-state index >= 15 is 0 Å². The van der Waals surface area contributed by atoms with Crippen LogP contribution >= 0.6 is 0 Å². The summed E-state index contributed by atoms with van der Waals surface area (Å²) < 4.78 is 6.88. The molecule has 1 unspecified atom stereocenters. The van der Waals surface area contributed by atoms with Crippen molar-refractivity contribution in [2.75, 3.05) is 37.7 Å². The SMILES string of the molecule is CCCCCN1CC=C[C@]23O[C@@]4(C)C=CCN(c5ccccc5)C(=O)[C@H]4[C@H]2C(=O)N(CCCCCO)C3C1=O. The molecule has 0 bridgehead atoms. The molecule has 2 saturated heterocycles. The third-order valence-electron chi connectivity index (χ3n) is 8.80. The molecule has 3 amide bonds. The molecule has 0 aromatic heterocycles. The number of aliphatic hydroxyl groups is 1. The number of amides is 3. The van der Waals surface area contributed by atoms with Crippen molar-refractivity contribution in [3.63, 3.8) is 0 Å². The van der Waals surface area contributed by atoms with Crippen LogP contribution in [-0.4, -0.2) is 82.7 Å². The van der Waals surface area contributed by atoms with Gasteiger partial charge in [-0.2, -0.15) is 0 Å². The Morgan fingerprint density at radius 3 is 2.36 bits per heavy atom. The number of aliphatic hydroxyl groups excluding tert-OH is 1. The fourth-order valence-electron chi connectivity index (χ4n) is 6.97. The number of fused-ring (bicyclic) bond motifs is 2. The molecule has 4 heterocycles. The van der Waals surface area contributed by atoms with E-state index in [2.05, 4.69) is 6.92 Å². The number of benzene rings is 1. The summed E-state index contributed by atoms with van der Waals surface area (Å²) in [6.07, 6.45) is 12.8. The van der Waals surface area contributed by atoms with Gasteiger partial charge in [-0.3, -0.25) is 14.4 Å². The molecule has 1 N–H and O–H groups in total. The molecule has 8 heteroatoms. The monoisotopic (exact) mass is 535 g/mol. The standard InChI is InChI=1S/C31H41N3O5/c1-3-4-9-18-32-19-13-17-31-25(28(37)34(26(31)29(32)38)20-10-6-11-22-35)24-27(36)33(23-14-7-5-8-15-23)21-12-16-30(24,2)39-31/h5,7-8,12-17,24-26,35H,3-4,6,9-11,18-22H2,1-2H3/t24-,25+,26?,30+,31+/m1/s1. The van der Waals surface area contributed by atoms with Gasteiger partial charge in [-0.1, -0.05) is 62.3 Å². The topological polar surface area (TPSA) is 90.4 Å². The largest absolute Gasteiger partial charge is 0.396 e. The first kappa shape index (κ1) is 27.6. The molecular formula is C31H41N3O5. The average molecular weight is 536 g/mol. The molecule has 1 spiro atoms. The number of rotatable bonds is 10. The molecule has 210 valence electrons. The van der Waals surface area contributed by atoms with Crippen molar-refractivity contribution >= 4 is 23.4 Å². The number of hydrogen-bond donors (Lipinski definition) is 1. The Balaban J connectivity index is 1.55. The molecule has 2 fully saturated rings. The average Bonchev–Trinajstić information content (AvgIpc) is 3.19. The number of ether oxygens (including phenoxy) is 1. The summed E-state index contributed by atoms with van der Waals surface area (Å²) in [5.74, 6) is -2.02. The molecular weight excluding hydrogens is 494 g/mol. The minimum absolute atomic E-state index is 0.0938. The van der Waals surface area contributed by atoms with Gasteiger partial charge >= 0.3 is 0 Å². The van der Waals surface area contributed by atoms with Crippen molar-refractivity contribution in [2.24, 2.45) is 11.8 Å². The molecule has 39 heavy (non-hydrogen) atoms. The minimum atomic E-state index is -1.22. The Morgan fingerprint density at radius 2 is 1.62 bits per heavy atom. The van der Waals surface area contributed by atoms with Gasteiger partial charge in [0.1, 0.15) is 11.6 Å². The van der Waals surface area contributed by atoms with E-state index in [4.69, 9.17) is 4.74 Å². The van der Waals surface area contributed by atoms with E-state index in [1.165, 1.54) is 0 Å². The van der Waals surface area contributed by atoms with Gasteiger partial charge in [-0.05, 0) is 44.7 Å². The van der Waals surface area contributed by atoms with Crippen molar-refractivity contribution in [3.8, 4) is 0 Å². The summed E-state index contributed by atoms with van der Waals surface area (Å²) >= 11 is 0. The second-order valence-electron chi connectivity index (χ2n) is 11.4. The fraction of sp³-hybridized carbons (Fsp3) is 0.581. The lowest BCUT2D eigenvalue weighted by Crippen LogP contribution is -2.56. The van der Waals surface area contributed by atoms with Crippen molar-refractivity contribution in [2.45, 2.75) is 69.6 Å². The molecule has 0 saturated carbocycles. The van der Waals surface area contributed by atoms with Gasteiger partial charge < -0.3 is 24.5 Å². The van der Waals surface area contributed by atoms with E-state index in [-0.39, 0.29) is 24.3 Å². The van der Waals surface area contributed by atoms with Gasteiger partial charge in [0.25, 0.3) is 0 Å². The normalized spacial score (nSPS) is 31.8. The highest BCUT2D eigenvalue weighted by atomic mass is 16.5. The van der Waals surface area contributed by atoms with E-state index in [0.717, 1.165) is 31.4 Å². The molecule has 0 radical (unpaired) electrons. The van der Waals surface area contributed by atoms with Crippen molar-refractivity contribution in [1.82, 2.24) is 9.80 Å². The van der Waals surface area contributed by atoms with E-state index in [9.17, 15) is 19.5 Å². The summed E-state index contributed by atoms with van der Waals surface area (Å²) in [5.41, 5.74) is -1.47. The van der Waals surface area contributed by atoms with Gasteiger partial charge in [-0.15, -0.1) is 0 Å². The predicted molar refractivity (Wildman–Crippen MR) is 149 cm³/mol. The summed E-state index contributed by atoms with van der Waals surface area (Å²) in [6, 6.07) is 8.68. The number of nitrogens with zero attached hydrogens (tertiary/aromatic N) is 3. The molecule has 4 aliphatic heterocycles. The zero-order valence-corrected chi connectivity index (χ0v) is 23.1. The Kier molecular flexibility index (Phi) is 7.96. The Labute approximate surface area is 231 Å². The minimum Gasteiger partial charge on any atom is -0.396 e. The third kappa shape index (κ3) is 4.72. The van der Waals surface area contributed by atoms with Gasteiger partial charge in [0.15, 0.2) is 0 Å². The lowest BCUT2D eigenvalue weighted by molar-refractivity contribution is -0.151. The van der Waals surface area contributed by atoms with Crippen LogP contribution in [-0.2, 0) is 19.1 Å². The second-order valence-corrected chi connectivity index (χ2v) is 11.4. The van der Waals surface area contributed by atoms with Gasteiger partial charge in [-0.25, -0.2) is 0 Å². The molecule has 4 aliphatic rings. The van der Waals surface area contributed by atoms with E-state index < -0.39 is 29.1 Å². The lowest BCUT2D eigenvalue weighted by Gasteiger charge is -2.37. The Bertz CT molecular complexity index is 1140. The Morgan fingerprint density at radius 1 is 0.872 bits per heavy atom. The summed E-state index contributed by atoms with van der Waals surface area (Å²) in [6.45, 7) is 5.98. The smallest absolute Gasteiger partial charge is 0.249 e. The van der Waals surface area contributed by atoms with Crippen LogP contribution in [0.5, 0.6) is 0 Å². The molecule has 1 aromatic rings.